The molecule has 29 heavy (non-hydrogen) atoms. The first-order chi connectivity index (χ1) is 14.1. The molecule has 0 atom stereocenters. The molecule has 0 N–H and O–H groups in total. The van der Waals surface area contributed by atoms with E-state index in [0.29, 0.717) is 17.2 Å². The molecule has 6 nitrogen and oxygen atoms in total. The number of nitrogens with zero attached hydrogens (tertiary/aromatic N) is 1. The second-order valence-electron chi connectivity index (χ2n) is 6.54. The lowest BCUT2D eigenvalue weighted by molar-refractivity contribution is -0.120. The Hall–Kier alpha value is -3.67. The number of benzene rings is 3. The maximum absolute atomic E-state index is 12.5. The fourth-order valence-corrected chi connectivity index (χ4v) is 3.05. The van der Waals surface area contributed by atoms with Crippen LogP contribution in [0, 0.1) is 0 Å². The smallest absolute Gasteiger partial charge is 0.264 e. The van der Waals surface area contributed by atoms with Crippen molar-refractivity contribution in [3.05, 3.63) is 66.7 Å². The van der Waals surface area contributed by atoms with Gasteiger partial charge in [0.1, 0.15) is 11.5 Å². The van der Waals surface area contributed by atoms with Gasteiger partial charge in [-0.1, -0.05) is 24.3 Å². The van der Waals surface area contributed by atoms with Crippen LogP contribution < -0.4 is 23.8 Å². The minimum atomic E-state index is -0.149. The van der Waals surface area contributed by atoms with Crippen molar-refractivity contribution in [2.24, 2.45) is 0 Å². The number of carbonyl (C=O) groups excluding carboxylic acids is 1. The van der Waals surface area contributed by atoms with Crippen LogP contribution in [0.5, 0.6) is 23.0 Å². The average Bonchev–Trinajstić information content (AvgIpc) is 3.25. The van der Waals surface area contributed by atoms with Gasteiger partial charge >= 0.3 is 0 Å². The van der Waals surface area contributed by atoms with E-state index in [9.17, 15) is 4.79 Å². The molecule has 3 aromatic carbocycles. The van der Waals surface area contributed by atoms with Crippen molar-refractivity contribution in [2.75, 3.05) is 32.5 Å². The predicted molar refractivity (Wildman–Crippen MR) is 110 cm³/mol. The quantitative estimate of drug-likeness (QED) is 0.632. The number of methoxy groups -OCH3 is 1. The van der Waals surface area contributed by atoms with Crippen LogP contribution in [0.25, 0.3) is 11.1 Å². The van der Waals surface area contributed by atoms with Crippen LogP contribution in [0.4, 0.5) is 5.69 Å². The summed E-state index contributed by atoms with van der Waals surface area (Å²) >= 11 is 0. The van der Waals surface area contributed by atoms with Crippen LogP contribution in [0.15, 0.2) is 66.7 Å². The number of rotatable bonds is 6. The van der Waals surface area contributed by atoms with Crippen LogP contribution in [-0.2, 0) is 4.79 Å². The molecule has 0 unspecified atom stereocenters. The Morgan fingerprint density at radius 2 is 1.69 bits per heavy atom. The van der Waals surface area contributed by atoms with E-state index in [1.54, 1.807) is 25.1 Å². The first-order valence-corrected chi connectivity index (χ1v) is 9.17. The van der Waals surface area contributed by atoms with E-state index in [0.717, 1.165) is 22.6 Å². The van der Waals surface area contributed by atoms with E-state index in [4.69, 9.17) is 18.9 Å². The number of hydrogen-bond donors (Lipinski definition) is 0. The first-order valence-electron chi connectivity index (χ1n) is 9.17. The van der Waals surface area contributed by atoms with E-state index in [-0.39, 0.29) is 19.3 Å². The molecule has 3 aromatic rings. The molecule has 1 aliphatic heterocycles. The van der Waals surface area contributed by atoms with Crippen LogP contribution in [0.2, 0.25) is 0 Å². The zero-order valence-corrected chi connectivity index (χ0v) is 16.3. The Kier molecular flexibility index (Phi) is 5.24. The Bertz CT molecular complexity index is 1020. The molecule has 1 aliphatic rings. The van der Waals surface area contributed by atoms with Crippen molar-refractivity contribution in [1.29, 1.82) is 0 Å². The molecule has 0 fully saturated rings. The molecule has 0 spiro atoms. The van der Waals surface area contributed by atoms with Gasteiger partial charge in [0, 0.05) is 18.8 Å². The standard InChI is InChI=1S/C23H21NO5/c1-24(18-6-4-3-5-7-18)23(25)14-27-20-11-17(10-19(13-20)26-2)16-8-9-21-22(12-16)29-15-28-21/h3-13H,14-15H2,1-2H3. The largest absolute Gasteiger partial charge is 0.497 e. The Balaban J connectivity index is 1.52. The molecule has 0 radical (unpaired) electrons. The minimum Gasteiger partial charge on any atom is -0.497 e. The molecule has 0 saturated carbocycles. The van der Waals surface area contributed by atoms with E-state index in [1.807, 2.05) is 60.7 Å². The van der Waals surface area contributed by atoms with E-state index < -0.39 is 0 Å². The summed E-state index contributed by atoms with van der Waals surface area (Å²) in [5, 5.41) is 0. The maximum atomic E-state index is 12.5. The summed E-state index contributed by atoms with van der Waals surface area (Å²) in [5.74, 6) is 2.46. The molecule has 1 heterocycles. The molecule has 0 saturated heterocycles. The molecule has 0 bridgehead atoms. The molecule has 4 rings (SSSR count). The van der Waals surface area contributed by atoms with Gasteiger partial charge in [-0.15, -0.1) is 0 Å². The van der Waals surface area contributed by atoms with Crippen molar-refractivity contribution >= 4 is 11.6 Å². The molecular formula is C23H21NO5. The highest BCUT2D eigenvalue weighted by Gasteiger charge is 2.16. The minimum absolute atomic E-state index is 0.0842. The number of anilines is 1. The first kappa shape index (κ1) is 18.7. The molecule has 0 aliphatic carbocycles. The van der Waals surface area contributed by atoms with E-state index >= 15 is 0 Å². The van der Waals surface area contributed by atoms with Gasteiger partial charge in [0.05, 0.1) is 7.11 Å². The van der Waals surface area contributed by atoms with Gasteiger partial charge in [-0.3, -0.25) is 4.79 Å². The average molecular weight is 391 g/mol. The van der Waals surface area contributed by atoms with Gasteiger partial charge in [0.25, 0.3) is 5.91 Å². The summed E-state index contributed by atoms with van der Waals surface area (Å²) in [6.07, 6.45) is 0. The van der Waals surface area contributed by atoms with Crippen LogP contribution in [-0.4, -0.2) is 33.5 Å². The summed E-state index contributed by atoms with van der Waals surface area (Å²) in [5.41, 5.74) is 2.64. The number of carbonyl (C=O) groups is 1. The number of hydrogen-bond acceptors (Lipinski definition) is 5. The lowest BCUT2D eigenvalue weighted by atomic mass is 10.0. The maximum Gasteiger partial charge on any atom is 0.264 e. The molecular weight excluding hydrogens is 370 g/mol. The molecule has 1 amide bonds. The predicted octanol–water partition coefficient (Wildman–Crippen LogP) is 4.13. The van der Waals surface area contributed by atoms with Gasteiger partial charge in [0.15, 0.2) is 18.1 Å². The van der Waals surface area contributed by atoms with Gasteiger partial charge in [-0.2, -0.15) is 0 Å². The van der Waals surface area contributed by atoms with Gasteiger partial charge in [-0.05, 0) is 47.5 Å². The van der Waals surface area contributed by atoms with E-state index in [2.05, 4.69) is 0 Å². The Morgan fingerprint density at radius 1 is 0.931 bits per heavy atom. The SMILES string of the molecule is COc1cc(OCC(=O)N(C)c2ccccc2)cc(-c2ccc3c(c2)OCO3)c1. The third-order valence-electron chi connectivity index (χ3n) is 4.70. The van der Waals surface area contributed by atoms with Crippen molar-refractivity contribution < 1.29 is 23.7 Å². The Labute approximate surface area is 169 Å². The monoisotopic (exact) mass is 391 g/mol. The fourth-order valence-electron chi connectivity index (χ4n) is 3.05. The number of fused-ring (bicyclic) bond motifs is 1. The van der Waals surface area contributed by atoms with E-state index in [1.165, 1.54) is 0 Å². The van der Waals surface area contributed by atoms with Gasteiger partial charge in [-0.25, -0.2) is 0 Å². The van der Waals surface area contributed by atoms with Crippen molar-refractivity contribution in [3.63, 3.8) is 0 Å². The number of para-hydroxylation sites is 1. The summed E-state index contributed by atoms with van der Waals surface area (Å²) in [7, 11) is 3.32. The fraction of sp³-hybridized carbons (Fsp3) is 0.174. The number of likely N-dealkylation sites (N-methyl/N-ethyl adjacent to an activating group) is 1. The lowest BCUT2D eigenvalue weighted by Gasteiger charge is -2.18. The molecule has 0 aromatic heterocycles. The number of ether oxygens (including phenoxy) is 4. The highest BCUT2D eigenvalue weighted by Crippen LogP contribution is 2.37. The normalized spacial score (nSPS) is 11.8. The zero-order chi connectivity index (χ0) is 20.2. The third kappa shape index (κ3) is 4.11. The molecule has 6 heteroatoms. The second-order valence-corrected chi connectivity index (χ2v) is 6.54. The third-order valence-corrected chi connectivity index (χ3v) is 4.70. The topological polar surface area (TPSA) is 57.2 Å². The van der Waals surface area contributed by atoms with Crippen LogP contribution in [0.1, 0.15) is 0 Å². The molecule has 148 valence electrons. The lowest BCUT2D eigenvalue weighted by Crippen LogP contribution is -2.31. The van der Waals surface area contributed by atoms with Crippen molar-refractivity contribution in [1.82, 2.24) is 0 Å². The highest BCUT2D eigenvalue weighted by atomic mass is 16.7. The zero-order valence-electron chi connectivity index (χ0n) is 16.3. The summed E-state index contributed by atoms with van der Waals surface area (Å²) < 4.78 is 22.0. The van der Waals surface area contributed by atoms with Crippen LogP contribution >= 0.6 is 0 Å². The van der Waals surface area contributed by atoms with Gasteiger partial charge in [0.2, 0.25) is 6.79 Å². The van der Waals surface area contributed by atoms with Crippen molar-refractivity contribution in [3.8, 4) is 34.1 Å². The van der Waals surface area contributed by atoms with Gasteiger partial charge < -0.3 is 23.8 Å². The van der Waals surface area contributed by atoms with Crippen LogP contribution in [0.3, 0.4) is 0 Å². The summed E-state index contributed by atoms with van der Waals surface area (Å²) in [6.45, 7) is 0.140. The summed E-state index contributed by atoms with van der Waals surface area (Å²) in [4.78, 5) is 14.1. The highest BCUT2D eigenvalue weighted by molar-refractivity contribution is 5.93. The second kappa shape index (κ2) is 8.14. The summed E-state index contributed by atoms with van der Waals surface area (Å²) in [6, 6.07) is 20.7. The Morgan fingerprint density at radius 3 is 2.48 bits per heavy atom. The van der Waals surface area contributed by atoms with Crippen molar-refractivity contribution in [2.45, 2.75) is 0 Å². The number of amides is 1.